The summed E-state index contributed by atoms with van der Waals surface area (Å²) in [6, 6.07) is 18.1. The maximum atomic E-state index is 12.8. The number of ketones is 1. The molecule has 2 aromatic carbocycles. The fraction of sp³-hybridized carbons (Fsp3) is 0.350. The van der Waals surface area contributed by atoms with Gasteiger partial charge in [0.2, 0.25) is 0 Å². The maximum absolute atomic E-state index is 12.8. The summed E-state index contributed by atoms with van der Waals surface area (Å²) in [5.74, 6) is 1.16. The largest absolute Gasteiger partial charge is 0.497 e. The molecule has 1 saturated carbocycles. The van der Waals surface area contributed by atoms with Crippen molar-refractivity contribution in [1.82, 2.24) is 5.32 Å². The van der Waals surface area contributed by atoms with Crippen LogP contribution in [0.25, 0.3) is 0 Å². The van der Waals surface area contributed by atoms with Crippen molar-refractivity contribution in [2.75, 3.05) is 7.11 Å². The van der Waals surface area contributed by atoms with Crippen LogP contribution in [0.4, 0.5) is 0 Å². The minimum Gasteiger partial charge on any atom is -0.497 e. The first-order valence-corrected chi connectivity index (χ1v) is 8.21. The molecule has 0 amide bonds. The summed E-state index contributed by atoms with van der Waals surface area (Å²) in [6.07, 6.45) is 3.60. The number of nitrogens with one attached hydrogen (secondary N) is 1. The van der Waals surface area contributed by atoms with Crippen molar-refractivity contribution < 1.29 is 9.53 Å². The highest BCUT2D eigenvalue weighted by molar-refractivity contribution is 5.90. The second-order valence-corrected chi connectivity index (χ2v) is 6.10. The second-order valence-electron chi connectivity index (χ2n) is 6.10. The lowest BCUT2D eigenvalue weighted by molar-refractivity contribution is -0.128. The van der Waals surface area contributed by atoms with Crippen LogP contribution < -0.4 is 10.1 Å². The quantitative estimate of drug-likeness (QED) is 0.880. The van der Waals surface area contributed by atoms with Crippen LogP contribution in [0, 0.1) is 0 Å². The molecule has 0 aromatic heterocycles. The lowest BCUT2D eigenvalue weighted by atomic mass is 9.75. The van der Waals surface area contributed by atoms with Gasteiger partial charge < -0.3 is 4.74 Å². The summed E-state index contributed by atoms with van der Waals surface area (Å²) >= 11 is 0. The van der Waals surface area contributed by atoms with E-state index < -0.39 is 5.54 Å². The first-order valence-electron chi connectivity index (χ1n) is 8.21. The molecule has 0 spiro atoms. The predicted molar refractivity (Wildman–Crippen MR) is 98.7 cm³/mol. The van der Waals surface area contributed by atoms with Crippen molar-refractivity contribution in [3.63, 3.8) is 0 Å². The van der Waals surface area contributed by atoms with Gasteiger partial charge in [-0.15, -0.1) is 12.4 Å². The Morgan fingerprint density at radius 3 is 2.38 bits per heavy atom. The Balaban J connectivity index is 0.00000208. The van der Waals surface area contributed by atoms with E-state index in [4.69, 9.17) is 4.74 Å². The third-order valence-corrected chi connectivity index (χ3v) is 4.70. The number of benzene rings is 2. The lowest BCUT2D eigenvalue weighted by Gasteiger charge is -2.37. The molecule has 0 aliphatic heterocycles. The molecular weight excluding hydrogens is 322 g/mol. The maximum Gasteiger partial charge on any atom is 0.157 e. The van der Waals surface area contributed by atoms with Crippen LogP contribution in [0.3, 0.4) is 0 Å². The van der Waals surface area contributed by atoms with Gasteiger partial charge in [-0.05, 0) is 36.1 Å². The summed E-state index contributed by atoms with van der Waals surface area (Å²) in [4.78, 5) is 12.8. The van der Waals surface area contributed by atoms with E-state index in [0.717, 1.165) is 36.1 Å². The Morgan fingerprint density at radius 2 is 1.75 bits per heavy atom. The van der Waals surface area contributed by atoms with E-state index in [0.29, 0.717) is 18.7 Å². The topological polar surface area (TPSA) is 38.3 Å². The van der Waals surface area contributed by atoms with Gasteiger partial charge in [0, 0.05) is 13.0 Å². The first kappa shape index (κ1) is 18.5. The first-order chi connectivity index (χ1) is 11.2. The van der Waals surface area contributed by atoms with Crippen molar-refractivity contribution in [1.29, 1.82) is 0 Å². The van der Waals surface area contributed by atoms with Crippen LogP contribution in [0.2, 0.25) is 0 Å². The number of halogens is 1. The zero-order valence-corrected chi connectivity index (χ0v) is 14.8. The lowest BCUT2D eigenvalue weighted by Crippen LogP contribution is -2.50. The molecule has 0 saturated heterocycles. The highest BCUT2D eigenvalue weighted by Gasteiger charge is 2.40. The molecule has 1 fully saturated rings. The molecule has 1 N–H and O–H groups in total. The summed E-state index contributed by atoms with van der Waals surface area (Å²) in [6.45, 7) is 0.671. The minimum atomic E-state index is -0.542. The van der Waals surface area contributed by atoms with E-state index in [-0.39, 0.29) is 12.4 Å². The minimum absolute atomic E-state index is 0. The third kappa shape index (κ3) is 3.80. The molecule has 3 rings (SSSR count). The standard InChI is InChI=1S/C20H23NO2.ClH/c1-23-18-12-10-16(11-13-18)15-21-20(14-6-5-9-19(20)22)17-7-3-2-4-8-17;/h2-4,7-8,10-13,21H,5-6,9,14-15H2,1H3;1H. The third-order valence-electron chi connectivity index (χ3n) is 4.70. The summed E-state index contributed by atoms with van der Waals surface area (Å²) in [7, 11) is 1.67. The zero-order valence-electron chi connectivity index (χ0n) is 14.0. The molecule has 1 aliphatic rings. The second kappa shape index (κ2) is 8.32. The number of hydrogen-bond acceptors (Lipinski definition) is 3. The number of methoxy groups -OCH3 is 1. The molecule has 0 bridgehead atoms. The summed E-state index contributed by atoms with van der Waals surface area (Å²) < 4.78 is 5.20. The molecular formula is C20H24ClNO2. The zero-order chi connectivity index (χ0) is 16.1. The average Bonchev–Trinajstić information content (AvgIpc) is 2.62. The smallest absolute Gasteiger partial charge is 0.157 e. The molecule has 1 unspecified atom stereocenters. The monoisotopic (exact) mass is 345 g/mol. The fourth-order valence-electron chi connectivity index (χ4n) is 3.34. The SMILES string of the molecule is COc1ccc(CNC2(c3ccccc3)CCCCC2=O)cc1.Cl. The Hall–Kier alpha value is -1.84. The fourth-order valence-corrected chi connectivity index (χ4v) is 3.34. The van der Waals surface area contributed by atoms with Crippen molar-refractivity contribution in [2.24, 2.45) is 0 Å². The van der Waals surface area contributed by atoms with Crippen molar-refractivity contribution in [3.05, 3.63) is 65.7 Å². The normalized spacial score (nSPS) is 20.3. The van der Waals surface area contributed by atoms with E-state index in [1.54, 1.807) is 7.11 Å². The Labute approximate surface area is 149 Å². The number of hydrogen-bond donors (Lipinski definition) is 1. The average molecular weight is 346 g/mol. The predicted octanol–water partition coefficient (Wildman–Crippen LogP) is 4.25. The van der Waals surface area contributed by atoms with E-state index >= 15 is 0 Å². The highest BCUT2D eigenvalue weighted by atomic mass is 35.5. The number of rotatable bonds is 5. The molecule has 3 nitrogen and oxygen atoms in total. The van der Waals surface area contributed by atoms with Crippen molar-refractivity contribution in [3.8, 4) is 5.75 Å². The van der Waals surface area contributed by atoms with E-state index in [1.807, 2.05) is 42.5 Å². The van der Waals surface area contributed by atoms with Gasteiger partial charge in [0.1, 0.15) is 11.3 Å². The Morgan fingerprint density at radius 1 is 1.04 bits per heavy atom. The van der Waals surface area contributed by atoms with Crippen molar-refractivity contribution in [2.45, 2.75) is 37.8 Å². The highest BCUT2D eigenvalue weighted by Crippen LogP contribution is 2.34. The number of ether oxygens (including phenoxy) is 1. The van der Waals surface area contributed by atoms with Gasteiger partial charge in [-0.25, -0.2) is 0 Å². The van der Waals surface area contributed by atoms with Gasteiger partial charge >= 0.3 is 0 Å². The number of carbonyl (C=O) groups excluding carboxylic acids is 1. The molecule has 1 atom stereocenters. The molecule has 4 heteroatoms. The van der Waals surface area contributed by atoms with Gasteiger partial charge in [-0.1, -0.05) is 48.9 Å². The van der Waals surface area contributed by atoms with Crippen LogP contribution in [0.15, 0.2) is 54.6 Å². The van der Waals surface area contributed by atoms with Gasteiger partial charge in [0.15, 0.2) is 5.78 Å². The van der Waals surface area contributed by atoms with Crippen LogP contribution in [-0.2, 0) is 16.9 Å². The van der Waals surface area contributed by atoms with Crippen LogP contribution >= 0.6 is 12.4 Å². The summed E-state index contributed by atoms with van der Waals surface area (Å²) in [5, 5.41) is 3.56. The molecule has 128 valence electrons. The van der Waals surface area contributed by atoms with Crippen molar-refractivity contribution >= 4 is 18.2 Å². The van der Waals surface area contributed by atoms with Gasteiger partial charge in [-0.2, -0.15) is 0 Å². The van der Waals surface area contributed by atoms with Gasteiger partial charge in [0.05, 0.1) is 7.11 Å². The number of Topliss-reactive ketones (excluding diaryl/α,β-unsaturated/α-hetero) is 1. The Kier molecular flexibility index (Phi) is 6.41. The van der Waals surface area contributed by atoms with Gasteiger partial charge in [-0.3, -0.25) is 10.1 Å². The van der Waals surface area contributed by atoms with Gasteiger partial charge in [0.25, 0.3) is 0 Å². The summed E-state index contributed by atoms with van der Waals surface area (Å²) in [5.41, 5.74) is 1.69. The Bertz CT molecular complexity index is 657. The molecule has 0 radical (unpaired) electrons. The molecule has 24 heavy (non-hydrogen) atoms. The van der Waals surface area contributed by atoms with Crippen LogP contribution in [0.5, 0.6) is 5.75 Å². The molecule has 1 aliphatic carbocycles. The van der Waals surface area contributed by atoms with Crippen LogP contribution in [0.1, 0.15) is 36.8 Å². The molecule has 2 aromatic rings. The number of carbonyl (C=O) groups is 1. The van der Waals surface area contributed by atoms with E-state index in [9.17, 15) is 4.79 Å². The molecule has 0 heterocycles. The van der Waals surface area contributed by atoms with E-state index in [2.05, 4.69) is 17.4 Å². The van der Waals surface area contributed by atoms with Crippen LogP contribution in [-0.4, -0.2) is 12.9 Å². The van der Waals surface area contributed by atoms with E-state index in [1.165, 1.54) is 0 Å².